The maximum atomic E-state index is 13.9. The van der Waals surface area contributed by atoms with Gasteiger partial charge in [-0.1, -0.05) is 17.7 Å². The molecule has 0 spiro atoms. The maximum absolute atomic E-state index is 13.9. The number of carbonyl (C=O) groups excluding carboxylic acids is 2. The molecule has 0 atom stereocenters. The molecule has 2 aromatic carbocycles. The van der Waals surface area contributed by atoms with Crippen LogP contribution in [0.3, 0.4) is 0 Å². The fourth-order valence-corrected chi connectivity index (χ4v) is 3.05. The van der Waals surface area contributed by atoms with Crippen LogP contribution >= 0.6 is 36.4 Å². The Balaban J connectivity index is 0.00000193. The van der Waals surface area contributed by atoms with E-state index >= 15 is 0 Å². The highest BCUT2D eigenvalue weighted by atomic mass is 35.5. The fourth-order valence-electron chi connectivity index (χ4n) is 2.81. The molecule has 0 aliphatic carbocycles. The van der Waals surface area contributed by atoms with Gasteiger partial charge in [-0.05, 0) is 24.3 Å². The number of hydrogen-bond acceptors (Lipinski definition) is 5. The lowest BCUT2D eigenvalue weighted by Crippen LogP contribution is -2.42. The molecule has 33 heavy (non-hydrogen) atoms. The summed E-state index contributed by atoms with van der Waals surface area (Å²) in [6.07, 6.45) is 1.34. The van der Waals surface area contributed by atoms with E-state index in [0.29, 0.717) is 23.4 Å². The molecule has 0 saturated heterocycles. The predicted octanol–water partition coefficient (Wildman–Crippen LogP) is 4.40. The van der Waals surface area contributed by atoms with Gasteiger partial charge in [-0.25, -0.2) is 18.2 Å². The summed E-state index contributed by atoms with van der Waals surface area (Å²) in [6.45, 7) is 0.0591. The van der Waals surface area contributed by atoms with Gasteiger partial charge in [0.05, 0.1) is 22.8 Å². The zero-order chi connectivity index (χ0) is 22.1. The van der Waals surface area contributed by atoms with Crippen molar-refractivity contribution in [3.05, 3.63) is 75.7 Å². The SMILES string of the molecule is Cl.Cl.O=C(NN1C=Nc2cccc(F)c2C1)c1cc(NC(=O)c2cc(F)c(F)cc2Cl)n[nH]1. The van der Waals surface area contributed by atoms with Crippen LogP contribution in [0.2, 0.25) is 5.02 Å². The summed E-state index contributed by atoms with van der Waals surface area (Å²) < 4.78 is 40.5. The van der Waals surface area contributed by atoms with Crippen molar-refractivity contribution in [3.8, 4) is 0 Å². The topological polar surface area (TPSA) is 102 Å². The lowest BCUT2D eigenvalue weighted by molar-refractivity contribution is 0.0861. The third kappa shape index (κ3) is 5.56. The number of carbonyl (C=O) groups is 2. The van der Waals surface area contributed by atoms with E-state index in [1.54, 1.807) is 6.07 Å². The maximum Gasteiger partial charge on any atom is 0.287 e. The first-order chi connectivity index (χ1) is 14.8. The van der Waals surface area contributed by atoms with Gasteiger partial charge in [0, 0.05) is 11.6 Å². The predicted molar refractivity (Wildman–Crippen MR) is 120 cm³/mol. The molecule has 14 heteroatoms. The molecule has 1 aliphatic rings. The monoisotopic (exact) mass is 520 g/mol. The number of nitrogens with one attached hydrogen (secondary N) is 3. The van der Waals surface area contributed by atoms with Crippen molar-refractivity contribution < 1.29 is 22.8 Å². The van der Waals surface area contributed by atoms with Crippen LogP contribution < -0.4 is 10.7 Å². The van der Waals surface area contributed by atoms with Gasteiger partial charge in [-0.2, -0.15) is 5.10 Å². The average Bonchev–Trinajstić information content (AvgIpc) is 3.20. The second-order valence-corrected chi connectivity index (χ2v) is 6.83. The van der Waals surface area contributed by atoms with Crippen LogP contribution in [-0.4, -0.2) is 33.4 Å². The first kappa shape index (κ1) is 26.0. The van der Waals surface area contributed by atoms with E-state index in [2.05, 4.69) is 25.9 Å². The number of H-pyrrole nitrogens is 1. The Morgan fingerprint density at radius 2 is 1.76 bits per heavy atom. The number of benzene rings is 2. The van der Waals surface area contributed by atoms with Crippen molar-refractivity contribution in [3.63, 3.8) is 0 Å². The third-order valence-electron chi connectivity index (χ3n) is 4.32. The first-order valence-corrected chi connectivity index (χ1v) is 9.10. The van der Waals surface area contributed by atoms with Gasteiger partial charge in [0.1, 0.15) is 17.8 Å². The van der Waals surface area contributed by atoms with Crippen molar-refractivity contribution in [2.24, 2.45) is 4.99 Å². The number of aromatic amines is 1. The van der Waals surface area contributed by atoms with Crippen molar-refractivity contribution in [2.75, 3.05) is 5.32 Å². The summed E-state index contributed by atoms with van der Waals surface area (Å²) in [5, 5.41) is 9.52. The normalized spacial score (nSPS) is 11.7. The van der Waals surface area contributed by atoms with Gasteiger partial charge in [-0.15, -0.1) is 24.8 Å². The summed E-state index contributed by atoms with van der Waals surface area (Å²) in [4.78, 5) is 28.7. The largest absolute Gasteiger partial charge is 0.305 e. The molecule has 4 rings (SSSR count). The molecule has 8 nitrogen and oxygen atoms in total. The van der Waals surface area contributed by atoms with Crippen LogP contribution in [0, 0.1) is 17.5 Å². The summed E-state index contributed by atoms with van der Waals surface area (Å²) in [5.41, 5.74) is 2.96. The Kier molecular flexibility index (Phi) is 8.31. The quantitative estimate of drug-likeness (QED) is 0.443. The van der Waals surface area contributed by atoms with Crippen LogP contribution in [0.15, 0.2) is 41.4 Å². The summed E-state index contributed by atoms with van der Waals surface area (Å²) >= 11 is 5.77. The Morgan fingerprint density at radius 3 is 2.52 bits per heavy atom. The molecule has 0 bridgehead atoms. The third-order valence-corrected chi connectivity index (χ3v) is 4.64. The molecule has 2 heterocycles. The highest BCUT2D eigenvalue weighted by Gasteiger charge is 2.20. The number of nitrogens with zero attached hydrogens (tertiary/aromatic N) is 3. The van der Waals surface area contributed by atoms with E-state index in [1.165, 1.54) is 29.5 Å². The molecule has 3 aromatic rings. The van der Waals surface area contributed by atoms with Gasteiger partial charge in [0.25, 0.3) is 11.8 Å². The number of aliphatic imine (C=N–C) groups is 1. The zero-order valence-electron chi connectivity index (χ0n) is 16.2. The standard InChI is InChI=1S/C19H12ClF3N6O2.2ClH/c20-11-5-14(23)13(22)4-9(11)18(30)25-17-6-16(26-27-17)19(31)28-29-7-10-12(21)2-1-3-15(10)24-8-29;;/h1-6,8H,7H2,(H,28,31)(H2,25,26,27,30);2*1H. The number of hydrogen-bond donors (Lipinski definition) is 3. The average molecular weight is 522 g/mol. The molecule has 1 aliphatic heterocycles. The molecule has 174 valence electrons. The van der Waals surface area contributed by atoms with Gasteiger partial charge in [0.15, 0.2) is 17.5 Å². The number of hydrazine groups is 1. The van der Waals surface area contributed by atoms with Crippen molar-refractivity contribution >= 4 is 66.1 Å². The van der Waals surface area contributed by atoms with Crippen LogP contribution in [0.25, 0.3) is 0 Å². The van der Waals surface area contributed by atoms with Gasteiger partial charge < -0.3 is 5.32 Å². The number of amides is 2. The minimum Gasteiger partial charge on any atom is -0.305 e. The van der Waals surface area contributed by atoms with Crippen LogP contribution in [-0.2, 0) is 6.54 Å². The summed E-state index contributed by atoms with van der Waals surface area (Å²) in [5.74, 6) is -4.42. The van der Waals surface area contributed by atoms with E-state index in [0.717, 1.165) is 0 Å². The van der Waals surface area contributed by atoms with Gasteiger partial charge >= 0.3 is 0 Å². The fraction of sp³-hybridized carbons (Fsp3) is 0.0526. The van der Waals surface area contributed by atoms with Crippen LogP contribution in [0.5, 0.6) is 0 Å². The van der Waals surface area contributed by atoms with Crippen molar-refractivity contribution in [2.45, 2.75) is 6.54 Å². The molecule has 1 aromatic heterocycles. The van der Waals surface area contributed by atoms with E-state index in [-0.39, 0.29) is 53.5 Å². The molecule has 2 amide bonds. The lowest BCUT2D eigenvalue weighted by Gasteiger charge is -2.24. The minimum atomic E-state index is -1.24. The first-order valence-electron chi connectivity index (χ1n) is 8.72. The number of fused-ring (bicyclic) bond motifs is 1. The van der Waals surface area contributed by atoms with E-state index in [1.807, 2.05) is 0 Å². The minimum absolute atomic E-state index is 0. The Hall–Kier alpha value is -3.28. The molecule has 3 N–H and O–H groups in total. The number of rotatable bonds is 4. The smallest absolute Gasteiger partial charge is 0.287 e. The Labute approximate surface area is 202 Å². The Bertz CT molecular complexity index is 1240. The highest BCUT2D eigenvalue weighted by molar-refractivity contribution is 6.34. The van der Waals surface area contributed by atoms with Crippen LogP contribution in [0.1, 0.15) is 26.4 Å². The van der Waals surface area contributed by atoms with E-state index in [4.69, 9.17) is 11.6 Å². The molecule has 0 saturated carbocycles. The van der Waals surface area contributed by atoms with Gasteiger partial charge in [0.2, 0.25) is 0 Å². The molecule has 0 radical (unpaired) electrons. The number of aromatic nitrogens is 2. The number of halogens is 6. The lowest BCUT2D eigenvalue weighted by atomic mass is 10.1. The highest BCUT2D eigenvalue weighted by Crippen LogP contribution is 2.25. The molecule has 0 unspecified atom stereocenters. The second-order valence-electron chi connectivity index (χ2n) is 6.42. The zero-order valence-corrected chi connectivity index (χ0v) is 18.6. The Morgan fingerprint density at radius 1 is 1.03 bits per heavy atom. The van der Waals surface area contributed by atoms with Gasteiger partial charge in [-0.3, -0.25) is 25.1 Å². The molecular weight excluding hydrogens is 508 g/mol. The summed E-state index contributed by atoms with van der Waals surface area (Å²) in [6, 6.07) is 7.03. The number of anilines is 1. The van der Waals surface area contributed by atoms with Crippen molar-refractivity contribution in [1.29, 1.82) is 0 Å². The summed E-state index contributed by atoms with van der Waals surface area (Å²) in [7, 11) is 0. The van der Waals surface area contributed by atoms with E-state index < -0.39 is 29.3 Å². The van der Waals surface area contributed by atoms with Crippen molar-refractivity contribution in [1.82, 2.24) is 20.6 Å². The van der Waals surface area contributed by atoms with Crippen LogP contribution in [0.4, 0.5) is 24.7 Å². The van der Waals surface area contributed by atoms with E-state index in [9.17, 15) is 22.8 Å². The molecule has 0 fully saturated rings. The second kappa shape index (κ2) is 10.6. The molecular formula is C19H14Cl3F3N6O2.